The fourth-order valence-corrected chi connectivity index (χ4v) is 2.00. The molecule has 0 unspecified atom stereocenters. The first-order valence-electron chi connectivity index (χ1n) is 6.99. The van der Waals surface area contributed by atoms with Crippen molar-refractivity contribution in [3.8, 4) is 0 Å². The van der Waals surface area contributed by atoms with Crippen molar-refractivity contribution in [2.75, 3.05) is 5.32 Å². The molecule has 0 radical (unpaired) electrons. The van der Waals surface area contributed by atoms with Crippen molar-refractivity contribution in [3.63, 3.8) is 0 Å². The van der Waals surface area contributed by atoms with E-state index in [0.29, 0.717) is 18.6 Å². The van der Waals surface area contributed by atoms with Crippen LogP contribution in [0.1, 0.15) is 38.4 Å². The average Bonchev–Trinajstić information content (AvgIpc) is 3.08. The Morgan fingerprint density at radius 2 is 2.25 bits per heavy atom. The Labute approximate surface area is 117 Å². The van der Waals surface area contributed by atoms with Crippen LogP contribution >= 0.6 is 0 Å². The average molecular weight is 273 g/mol. The highest BCUT2D eigenvalue weighted by atomic mass is 16.1. The first kappa shape index (κ1) is 12.9. The molecule has 0 amide bonds. The van der Waals surface area contributed by atoms with Crippen LogP contribution in [0.4, 0.5) is 5.69 Å². The third-order valence-corrected chi connectivity index (χ3v) is 3.32. The van der Waals surface area contributed by atoms with E-state index in [1.807, 2.05) is 16.9 Å². The summed E-state index contributed by atoms with van der Waals surface area (Å²) in [5, 5.41) is 11.9. The lowest BCUT2D eigenvalue weighted by molar-refractivity contribution is 0.518. The van der Waals surface area contributed by atoms with E-state index in [0.717, 1.165) is 11.4 Å². The zero-order valence-corrected chi connectivity index (χ0v) is 11.8. The lowest BCUT2D eigenvalue weighted by atomic mass is 10.4. The molecule has 1 aliphatic rings. The second-order valence-electron chi connectivity index (χ2n) is 5.54. The number of rotatable bonds is 5. The van der Waals surface area contributed by atoms with Crippen LogP contribution in [0, 0.1) is 0 Å². The summed E-state index contributed by atoms with van der Waals surface area (Å²) in [5.41, 5.74) is 1.55. The van der Waals surface area contributed by atoms with Crippen LogP contribution in [0.3, 0.4) is 0 Å². The first-order valence-corrected chi connectivity index (χ1v) is 6.99. The molecule has 106 valence electrons. The van der Waals surface area contributed by atoms with Crippen LogP contribution < -0.4 is 10.9 Å². The van der Waals surface area contributed by atoms with Gasteiger partial charge in [0.15, 0.2) is 0 Å². The predicted octanol–water partition coefficient (Wildman–Crippen LogP) is 1.64. The van der Waals surface area contributed by atoms with Crippen molar-refractivity contribution in [2.24, 2.45) is 0 Å². The molecule has 6 nitrogen and oxygen atoms in total. The van der Waals surface area contributed by atoms with Crippen LogP contribution in [-0.4, -0.2) is 25.6 Å². The van der Waals surface area contributed by atoms with Crippen molar-refractivity contribution in [3.05, 3.63) is 40.6 Å². The number of anilines is 1. The molecule has 1 N–H and O–H groups in total. The van der Waals surface area contributed by atoms with E-state index >= 15 is 0 Å². The highest BCUT2D eigenvalue weighted by molar-refractivity contribution is 5.41. The minimum Gasteiger partial charge on any atom is -0.381 e. The molecular weight excluding hydrogens is 254 g/mol. The normalized spacial score (nSPS) is 14.8. The molecule has 0 bridgehead atoms. The van der Waals surface area contributed by atoms with Gasteiger partial charge >= 0.3 is 0 Å². The van der Waals surface area contributed by atoms with Crippen molar-refractivity contribution < 1.29 is 0 Å². The molecule has 2 aromatic heterocycles. The van der Waals surface area contributed by atoms with Crippen molar-refractivity contribution in [1.82, 2.24) is 19.6 Å². The minimum absolute atomic E-state index is 0.102. The highest BCUT2D eigenvalue weighted by Gasteiger charge is 2.21. The Morgan fingerprint density at radius 1 is 1.45 bits per heavy atom. The number of nitrogens with zero attached hydrogens (tertiary/aromatic N) is 4. The van der Waals surface area contributed by atoms with E-state index in [2.05, 4.69) is 29.4 Å². The number of nitrogens with one attached hydrogen (secondary N) is 1. The summed E-state index contributed by atoms with van der Waals surface area (Å²) < 4.78 is 3.31. The molecule has 1 fully saturated rings. The van der Waals surface area contributed by atoms with Gasteiger partial charge in [-0.05, 0) is 32.8 Å². The molecule has 0 atom stereocenters. The summed E-state index contributed by atoms with van der Waals surface area (Å²) in [5.74, 6) is 0. The number of hydrogen-bond donors (Lipinski definition) is 1. The van der Waals surface area contributed by atoms with Gasteiger partial charge in [-0.15, -0.1) is 0 Å². The Kier molecular flexibility index (Phi) is 3.30. The van der Waals surface area contributed by atoms with Gasteiger partial charge in [-0.25, -0.2) is 4.68 Å². The number of aromatic nitrogens is 4. The van der Waals surface area contributed by atoms with Crippen LogP contribution in [0.25, 0.3) is 0 Å². The largest absolute Gasteiger partial charge is 0.381 e. The predicted molar refractivity (Wildman–Crippen MR) is 76.9 cm³/mol. The molecule has 6 heteroatoms. The van der Waals surface area contributed by atoms with E-state index in [4.69, 9.17) is 0 Å². The smallest absolute Gasteiger partial charge is 0.269 e. The standard InChI is InChI=1S/C14H19N5O/c1-10(2)18-6-5-12(17-18)9-19-14(20)7-13(8-15-19)16-11-3-4-11/h5-8,10-11,16H,3-4,9H2,1-2H3. The van der Waals surface area contributed by atoms with Gasteiger partial charge in [-0.1, -0.05) is 0 Å². The Morgan fingerprint density at radius 3 is 2.85 bits per heavy atom. The van der Waals surface area contributed by atoms with Crippen molar-refractivity contribution in [2.45, 2.75) is 45.3 Å². The molecule has 0 aromatic carbocycles. The molecule has 3 rings (SSSR count). The zero-order valence-electron chi connectivity index (χ0n) is 11.8. The van der Waals surface area contributed by atoms with Crippen LogP contribution in [0.2, 0.25) is 0 Å². The second-order valence-corrected chi connectivity index (χ2v) is 5.54. The summed E-state index contributed by atoms with van der Waals surface area (Å²) in [6.45, 7) is 4.54. The van der Waals surface area contributed by atoms with E-state index in [-0.39, 0.29) is 5.56 Å². The van der Waals surface area contributed by atoms with Crippen LogP contribution in [0.15, 0.2) is 29.3 Å². The molecule has 2 aromatic rings. The minimum atomic E-state index is -0.102. The highest BCUT2D eigenvalue weighted by Crippen LogP contribution is 2.23. The van der Waals surface area contributed by atoms with Gasteiger partial charge in [0.1, 0.15) is 0 Å². The Balaban J connectivity index is 1.74. The third-order valence-electron chi connectivity index (χ3n) is 3.32. The molecular formula is C14H19N5O. The molecule has 1 aliphatic carbocycles. The lowest BCUT2D eigenvalue weighted by Crippen LogP contribution is -2.23. The maximum atomic E-state index is 12.0. The van der Waals surface area contributed by atoms with Gasteiger partial charge in [-0.3, -0.25) is 9.48 Å². The topological polar surface area (TPSA) is 64.7 Å². The molecule has 0 aliphatic heterocycles. The van der Waals surface area contributed by atoms with E-state index in [1.54, 1.807) is 12.3 Å². The first-order chi connectivity index (χ1) is 9.61. The quantitative estimate of drug-likeness (QED) is 0.899. The third kappa shape index (κ3) is 2.89. The summed E-state index contributed by atoms with van der Waals surface area (Å²) in [7, 11) is 0. The van der Waals surface area contributed by atoms with E-state index < -0.39 is 0 Å². The van der Waals surface area contributed by atoms with Gasteiger partial charge in [0.25, 0.3) is 5.56 Å². The van der Waals surface area contributed by atoms with Crippen LogP contribution in [-0.2, 0) is 6.54 Å². The van der Waals surface area contributed by atoms with Crippen molar-refractivity contribution >= 4 is 5.69 Å². The monoisotopic (exact) mass is 273 g/mol. The summed E-state index contributed by atoms with van der Waals surface area (Å²) in [4.78, 5) is 12.0. The van der Waals surface area contributed by atoms with Gasteiger partial charge in [0, 0.05) is 24.3 Å². The Bertz CT molecular complexity index is 654. The van der Waals surface area contributed by atoms with E-state index in [9.17, 15) is 4.79 Å². The Hall–Kier alpha value is -2.11. The van der Waals surface area contributed by atoms with Crippen LogP contribution in [0.5, 0.6) is 0 Å². The molecule has 20 heavy (non-hydrogen) atoms. The lowest BCUT2D eigenvalue weighted by Gasteiger charge is -2.06. The van der Waals surface area contributed by atoms with Gasteiger partial charge in [0.05, 0.1) is 24.1 Å². The molecule has 0 saturated heterocycles. The molecule has 0 spiro atoms. The second kappa shape index (κ2) is 5.11. The zero-order chi connectivity index (χ0) is 14.1. The molecule has 1 saturated carbocycles. The molecule has 2 heterocycles. The van der Waals surface area contributed by atoms with E-state index in [1.165, 1.54) is 17.5 Å². The van der Waals surface area contributed by atoms with Gasteiger partial charge in [0.2, 0.25) is 0 Å². The SMILES string of the molecule is CC(C)n1ccc(Cn2ncc(NC3CC3)cc2=O)n1. The maximum Gasteiger partial charge on any atom is 0.269 e. The number of hydrogen-bond acceptors (Lipinski definition) is 4. The van der Waals surface area contributed by atoms with Gasteiger partial charge < -0.3 is 5.32 Å². The maximum absolute atomic E-state index is 12.0. The fourth-order valence-electron chi connectivity index (χ4n) is 2.00. The summed E-state index contributed by atoms with van der Waals surface area (Å²) in [6.07, 6.45) is 5.98. The van der Waals surface area contributed by atoms with Crippen molar-refractivity contribution in [1.29, 1.82) is 0 Å². The fraction of sp³-hybridized carbons (Fsp3) is 0.500. The summed E-state index contributed by atoms with van der Waals surface area (Å²) >= 11 is 0. The summed E-state index contributed by atoms with van der Waals surface area (Å²) in [6, 6.07) is 4.36. The van der Waals surface area contributed by atoms with Gasteiger partial charge in [-0.2, -0.15) is 10.2 Å².